The summed E-state index contributed by atoms with van der Waals surface area (Å²) in [7, 11) is 0. The number of anilines is 1. The zero-order chi connectivity index (χ0) is 22.7. The predicted octanol–water partition coefficient (Wildman–Crippen LogP) is 3.39. The van der Waals surface area contributed by atoms with Crippen molar-refractivity contribution >= 4 is 22.4 Å². The second-order valence-electron chi connectivity index (χ2n) is 8.10. The Morgan fingerprint density at radius 3 is 2.66 bits per heavy atom. The number of nitrogens with one attached hydrogen (secondary N) is 3. The molecule has 4 rings (SSSR count). The third-order valence-electron chi connectivity index (χ3n) is 5.46. The van der Waals surface area contributed by atoms with Crippen LogP contribution in [0.4, 0.5) is 5.69 Å². The summed E-state index contributed by atoms with van der Waals surface area (Å²) in [6.45, 7) is 7.53. The molecule has 0 bridgehead atoms. The van der Waals surface area contributed by atoms with Crippen molar-refractivity contribution in [1.82, 2.24) is 14.9 Å². The van der Waals surface area contributed by atoms with E-state index in [0.29, 0.717) is 28.8 Å². The van der Waals surface area contributed by atoms with Gasteiger partial charge in [-0.2, -0.15) is 0 Å². The molecule has 0 saturated carbocycles. The Hall–Kier alpha value is -3.59. The second-order valence-corrected chi connectivity index (χ2v) is 8.10. The van der Waals surface area contributed by atoms with Crippen molar-refractivity contribution in [3.63, 3.8) is 0 Å². The number of para-hydroxylation sites is 1. The number of fused-ring (bicyclic) bond motifs is 1. The molecule has 1 fully saturated rings. The number of hydrogen-bond donors (Lipinski definition) is 3. The molecule has 0 radical (unpaired) electrons. The van der Waals surface area contributed by atoms with Crippen molar-refractivity contribution in [2.75, 3.05) is 31.1 Å². The van der Waals surface area contributed by atoms with Gasteiger partial charge in [0.1, 0.15) is 11.6 Å². The number of aromatic nitrogens is 2. The fourth-order valence-corrected chi connectivity index (χ4v) is 3.95. The van der Waals surface area contributed by atoms with Crippen LogP contribution in [0.1, 0.15) is 25.2 Å². The van der Waals surface area contributed by atoms with E-state index in [1.54, 1.807) is 12.1 Å². The van der Waals surface area contributed by atoms with Gasteiger partial charge in [0.2, 0.25) is 0 Å². The first kappa shape index (κ1) is 21.6. The maximum atomic E-state index is 12.3. The number of benzene rings is 2. The molecular formula is C23H27N7O2. The number of amidine groups is 1. The molecule has 0 spiro atoms. The highest BCUT2D eigenvalue weighted by atomic mass is 16.5. The van der Waals surface area contributed by atoms with Crippen molar-refractivity contribution in [3.8, 4) is 5.75 Å². The van der Waals surface area contributed by atoms with Crippen LogP contribution in [0.25, 0.3) is 10.9 Å². The summed E-state index contributed by atoms with van der Waals surface area (Å²) in [5.41, 5.74) is 9.31. The highest BCUT2D eigenvalue weighted by molar-refractivity contribution is 6.02. The van der Waals surface area contributed by atoms with Gasteiger partial charge in [0.25, 0.3) is 5.56 Å². The van der Waals surface area contributed by atoms with Crippen LogP contribution in [-0.4, -0.2) is 53.0 Å². The summed E-state index contributed by atoms with van der Waals surface area (Å²) in [5, 5.41) is 12.0. The van der Waals surface area contributed by atoms with E-state index in [9.17, 15) is 4.79 Å². The standard InChI is InChI=1S/C23H27N7O2/c1-15(2)32-16-7-8-18(22(24)28-25)20(13-16)30-11-9-29(10-12-30)14-21-26-19-6-4-3-5-17(19)23(31)27-21/h3-8,13,15,24-25H,9-12,14H2,1-2H3,(H,26,27,31). The van der Waals surface area contributed by atoms with Crippen LogP contribution >= 0.6 is 0 Å². The van der Waals surface area contributed by atoms with Gasteiger partial charge in [-0.1, -0.05) is 12.1 Å². The lowest BCUT2D eigenvalue weighted by atomic mass is 10.1. The summed E-state index contributed by atoms with van der Waals surface area (Å²) >= 11 is 0. The van der Waals surface area contributed by atoms with E-state index in [0.717, 1.165) is 37.6 Å². The molecule has 166 valence electrons. The van der Waals surface area contributed by atoms with E-state index in [1.807, 2.05) is 44.2 Å². The minimum Gasteiger partial charge on any atom is -0.491 e. The SMILES string of the molecule is CC(C)Oc1ccc(C(=N)N=N)c(N2CCN(Cc3nc4ccccc4c(=O)[nH]3)CC2)c1. The predicted molar refractivity (Wildman–Crippen MR) is 124 cm³/mol. The van der Waals surface area contributed by atoms with Gasteiger partial charge in [-0.05, 0) is 38.1 Å². The minimum absolute atomic E-state index is 0.0440. The van der Waals surface area contributed by atoms with Crippen molar-refractivity contribution in [1.29, 1.82) is 10.9 Å². The first-order valence-corrected chi connectivity index (χ1v) is 10.7. The molecule has 2 aromatic carbocycles. The molecule has 0 atom stereocenters. The van der Waals surface area contributed by atoms with Crippen molar-refractivity contribution in [2.45, 2.75) is 26.5 Å². The van der Waals surface area contributed by atoms with Gasteiger partial charge in [0.05, 0.1) is 29.2 Å². The molecule has 1 saturated heterocycles. The van der Waals surface area contributed by atoms with E-state index in [4.69, 9.17) is 15.7 Å². The van der Waals surface area contributed by atoms with Gasteiger partial charge in [0.15, 0.2) is 5.84 Å². The molecule has 0 aliphatic carbocycles. The lowest BCUT2D eigenvalue weighted by Gasteiger charge is -2.36. The van der Waals surface area contributed by atoms with Crippen LogP contribution in [-0.2, 0) is 6.54 Å². The molecule has 32 heavy (non-hydrogen) atoms. The van der Waals surface area contributed by atoms with Gasteiger partial charge < -0.3 is 14.6 Å². The normalized spacial score (nSPS) is 14.7. The third kappa shape index (κ3) is 4.67. The van der Waals surface area contributed by atoms with Gasteiger partial charge in [-0.3, -0.25) is 15.1 Å². The van der Waals surface area contributed by atoms with E-state index < -0.39 is 0 Å². The molecular weight excluding hydrogens is 406 g/mol. The van der Waals surface area contributed by atoms with E-state index in [-0.39, 0.29) is 17.5 Å². The van der Waals surface area contributed by atoms with Crippen molar-refractivity contribution in [3.05, 3.63) is 64.2 Å². The molecule has 0 unspecified atom stereocenters. The number of aromatic amines is 1. The van der Waals surface area contributed by atoms with Gasteiger partial charge in [0, 0.05) is 37.8 Å². The lowest BCUT2D eigenvalue weighted by Crippen LogP contribution is -2.46. The van der Waals surface area contributed by atoms with E-state index in [1.165, 1.54) is 0 Å². The number of ether oxygens (including phenoxy) is 1. The third-order valence-corrected chi connectivity index (χ3v) is 5.46. The van der Waals surface area contributed by atoms with Gasteiger partial charge >= 0.3 is 0 Å². The first-order valence-electron chi connectivity index (χ1n) is 10.7. The Labute approximate surface area is 186 Å². The first-order chi connectivity index (χ1) is 15.4. The molecule has 1 aromatic heterocycles. The summed E-state index contributed by atoms with van der Waals surface area (Å²) in [6.07, 6.45) is 0.0440. The fourth-order valence-electron chi connectivity index (χ4n) is 3.95. The number of rotatable bonds is 6. The average Bonchev–Trinajstić information content (AvgIpc) is 2.79. The molecule has 2 heterocycles. The monoisotopic (exact) mass is 433 g/mol. The van der Waals surface area contributed by atoms with Crippen molar-refractivity contribution in [2.24, 2.45) is 5.11 Å². The molecule has 0 amide bonds. The molecule has 3 aromatic rings. The zero-order valence-corrected chi connectivity index (χ0v) is 18.3. The fraction of sp³-hybridized carbons (Fsp3) is 0.348. The second kappa shape index (κ2) is 9.27. The topological polar surface area (TPSA) is 122 Å². The highest BCUT2D eigenvalue weighted by Crippen LogP contribution is 2.29. The molecule has 1 aliphatic heterocycles. The summed E-state index contributed by atoms with van der Waals surface area (Å²) in [4.78, 5) is 24.3. The molecule has 9 nitrogen and oxygen atoms in total. The quantitative estimate of drug-likeness (QED) is 0.312. The summed E-state index contributed by atoms with van der Waals surface area (Å²) in [5.74, 6) is 1.32. The van der Waals surface area contributed by atoms with Crippen molar-refractivity contribution < 1.29 is 4.74 Å². The van der Waals surface area contributed by atoms with Crippen LogP contribution < -0.4 is 15.2 Å². The molecule has 1 aliphatic rings. The maximum absolute atomic E-state index is 12.3. The average molecular weight is 434 g/mol. The number of H-pyrrole nitrogens is 1. The largest absolute Gasteiger partial charge is 0.491 e. The Bertz CT molecular complexity index is 1200. The minimum atomic E-state index is -0.117. The van der Waals surface area contributed by atoms with Crippen LogP contribution in [0.15, 0.2) is 52.4 Å². The summed E-state index contributed by atoms with van der Waals surface area (Å²) < 4.78 is 5.83. The van der Waals surface area contributed by atoms with Crippen LogP contribution in [0.2, 0.25) is 0 Å². The Morgan fingerprint density at radius 2 is 1.94 bits per heavy atom. The van der Waals surface area contributed by atoms with Crippen LogP contribution in [0, 0.1) is 10.9 Å². The number of nitrogens with zero attached hydrogens (tertiary/aromatic N) is 4. The lowest BCUT2D eigenvalue weighted by molar-refractivity contribution is 0.240. The zero-order valence-electron chi connectivity index (χ0n) is 18.3. The van der Waals surface area contributed by atoms with Gasteiger partial charge in [-0.25, -0.2) is 10.5 Å². The maximum Gasteiger partial charge on any atom is 0.258 e. The number of piperazine rings is 1. The Morgan fingerprint density at radius 1 is 1.19 bits per heavy atom. The van der Waals surface area contributed by atoms with Gasteiger partial charge in [-0.15, -0.1) is 5.11 Å². The smallest absolute Gasteiger partial charge is 0.258 e. The van der Waals surface area contributed by atoms with Crippen LogP contribution in [0.5, 0.6) is 5.75 Å². The highest BCUT2D eigenvalue weighted by Gasteiger charge is 2.22. The Balaban J connectivity index is 1.49. The molecule has 9 heteroatoms. The summed E-state index contributed by atoms with van der Waals surface area (Å²) in [6, 6.07) is 12.9. The Kier molecular flexibility index (Phi) is 6.27. The number of hydrogen-bond acceptors (Lipinski definition) is 7. The van der Waals surface area contributed by atoms with E-state index in [2.05, 4.69) is 24.9 Å². The van der Waals surface area contributed by atoms with Crippen LogP contribution in [0.3, 0.4) is 0 Å². The van der Waals surface area contributed by atoms with E-state index >= 15 is 0 Å². The molecule has 3 N–H and O–H groups in total.